The van der Waals surface area contributed by atoms with Crippen molar-refractivity contribution >= 4 is 17.3 Å². The molecule has 1 aromatic rings. The van der Waals surface area contributed by atoms with Crippen LogP contribution in [0.5, 0.6) is 0 Å². The van der Waals surface area contributed by atoms with Gasteiger partial charge in [0.15, 0.2) is 0 Å². The number of hydrogen-bond acceptors (Lipinski definition) is 5. The fraction of sp³-hybridized carbons (Fsp3) is 0.533. The molecule has 6 nitrogen and oxygen atoms in total. The van der Waals surface area contributed by atoms with Gasteiger partial charge in [-0.2, -0.15) is 0 Å². The van der Waals surface area contributed by atoms with Crippen LogP contribution in [-0.2, 0) is 4.74 Å². The number of rotatable bonds is 4. The van der Waals surface area contributed by atoms with Gasteiger partial charge in [-0.25, -0.2) is 4.79 Å². The highest BCUT2D eigenvalue weighted by molar-refractivity contribution is 5.91. The summed E-state index contributed by atoms with van der Waals surface area (Å²) in [5, 5.41) is 13.8. The molecule has 0 heterocycles. The molecule has 0 spiro atoms. The minimum absolute atomic E-state index is 0.134. The molecule has 1 N–H and O–H groups in total. The summed E-state index contributed by atoms with van der Waals surface area (Å²) in [5.74, 6) is -0.571. The van der Waals surface area contributed by atoms with Gasteiger partial charge < -0.3 is 10.1 Å². The Hall–Kier alpha value is -2.11. The third kappa shape index (κ3) is 6.25. The molecule has 118 valence electrons. The molecule has 0 atom stereocenters. The molecule has 0 unspecified atom stereocenters. The van der Waals surface area contributed by atoms with Gasteiger partial charge in [-0.15, -0.1) is 0 Å². The summed E-state index contributed by atoms with van der Waals surface area (Å²) in [5.41, 5.74) is -0.208. The van der Waals surface area contributed by atoms with E-state index in [0.29, 0.717) is 12.2 Å². The number of carbonyl (C=O) groups is 1. The zero-order chi connectivity index (χ0) is 16.6. The van der Waals surface area contributed by atoms with E-state index in [-0.39, 0.29) is 11.3 Å². The average Bonchev–Trinajstić information content (AvgIpc) is 2.39. The van der Waals surface area contributed by atoms with E-state index >= 15 is 0 Å². The van der Waals surface area contributed by atoms with E-state index in [1.54, 1.807) is 20.8 Å². The van der Waals surface area contributed by atoms with Crippen molar-refractivity contribution in [3.05, 3.63) is 33.9 Å². The highest BCUT2D eigenvalue weighted by Gasteiger charge is 2.21. The van der Waals surface area contributed by atoms with E-state index < -0.39 is 16.5 Å². The van der Waals surface area contributed by atoms with Gasteiger partial charge in [0, 0.05) is 12.6 Å². The Kier molecular flexibility index (Phi) is 7.41. The number of nitrogens with zero attached hydrogens (tertiary/aromatic N) is 1. The van der Waals surface area contributed by atoms with Gasteiger partial charge in [0.25, 0.3) is 5.69 Å². The van der Waals surface area contributed by atoms with Crippen LogP contribution in [0.4, 0.5) is 11.4 Å². The summed E-state index contributed by atoms with van der Waals surface area (Å²) >= 11 is 0. The van der Waals surface area contributed by atoms with Crippen LogP contribution in [0.2, 0.25) is 0 Å². The second-order valence-electron chi connectivity index (χ2n) is 5.02. The van der Waals surface area contributed by atoms with E-state index in [1.807, 2.05) is 20.8 Å². The molecule has 0 saturated carbocycles. The van der Waals surface area contributed by atoms with Crippen molar-refractivity contribution in [2.75, 3.05) is 11.9 Å². The monoisotopic (exact) mass is 296 g/mol. The molecule has 0 aliphatic heterocycles. The number of nitro benzene ring substituents is 1. The summed E-state index contributed by atoms with van der Waals surface area (Å²) in [4.78, 5) is 22.3. The largest absolute Gasteiger partial charge is 0.456 e. The number of hydrogen-bond donors (Lipinski definition) is 1. The highest BCUT2D eigenvalue weighted by Crippen LogP contribution is 2.26. The normalized spacial score (nSPS) is 10.2. The Balaban J connectivity index is 0.00000191. The second kappa shape index (κ2) is 8.24. The first-order valence-corrected chi connectivity index (χ1v) is 7.00. The van der Waals surface area contributed by atoms with Crippen molar-refractivity contribution in [1.82, 2.24) is 0 Å². The zero-order valence-electron chi connectivity index (χ0n) is 13.5. The molecule has 6 heteroatoms. The number of nitrogens with one attached hydrogen (secondary N) is 1. The SMILES string of the molecule is CC.CCNc1ccc(C(=O)OC(C)(C)C)cc1[N+](=O)[O-]. The highest BCUT2D eigenvalue weighted by atomic mass is 16.6. The molecule has 0 saturated heterocycles. The molecule has 0 aliphatic rings. The molecule has 0 amide bonds. The molecule has 0 bridgehead atoms. The summed E-state index contributed by atoms with van der Waals surface area (Å²) in [6.07, 6.45) is 0. The lowest BCUT2D eigenvalue weighted by molar-refractivity contribution is -0.384. The van der Waals surface area contributed by atoms with Crippen molar-refractivity contribution in [2.45, 2.75) is 47.1 Å². The van der Waals surface area contributed by atoms with Crippen molar-refractivity contribution < 1.29 is 14.5 Å². The van der Waals surface area contributed by atoms with E-state index in [1.165, 1.54) is 18.2 Å². The van der Waals surface area contributed by atoms with Crippen LogP contribution in [-0.4, -0.2) is 23.0 Å². The summed E-state index contributed by atoms with van der Waals surface area (Å²) in [6, 6.07) is 4.26. The third-order valence-corrected chi connectivity index (χ3v) is 2.20. The maximum absolute atomic E-state index is 11.8. The number of ether oxygens (including phenoxy) is 1. The Morgan fingerprint density at radius 3 is 2.33 bits per heavy atom. The minimum atomic E-state index is -0.633. The smallest absolute Gasteiger partial charge is 0.338 e. The van der Waals surface area contributed by atoms with Crippen LogP contribution >= 0.6 is 0 Å². The maximum atomic E-state index is 11.8. The molecule has 1 aromatic carbocycles. The predicted octanol–water partition coefficient (Wildman–Crippen LogP) is 4.01. The topological polar surface area (TPSA) is 81.5 Å². The van der Waals surface area contributed by atoms with Gasteiger partial charge in [-0.1, -0.05) is 13.8 Å². The predicted molar refractivity (Wildman–Crippen MR) is 83.8 cm³/mol. The molecule has 0 aromatic heterocycles. The summed E-state index contributed by atoms with van der Waals surface area (Å²) in [6.45, 7) is 11.6. The number of benzene rings is 1. The van der Waals surface area contributed by atoms with Crippen LogP contribution in [0.15, 0.2) is 18.2 Å². The summed E-state index contributed by atoms with van der Waals surface area (Å²) in [7, 11) is 0. The van der Waals surface area contributed by atoms with Crippen molar-refractivity contribution in [3.63, 3.8) is 0 Å². The molecular formula is C15H24N2O4. The molecule has 0 fully saturated rings. The lowest BCUT2D eigenvalue weighted by Gasteiger charge is -2.19. The number of carbonyl (C=O) groups excluding carboxylic acids is 1. The Labute approximate surface area is 125 Å². The van der Waals surface area contributed by atoms with E-state index in [2.05, 4.69) is 5.32 Å². The first-order chi connectivity index (χ1) is 9.74. The number of nitro groups is 1. The van der Waals surface area contributed by atoms with Crippen molar-refractivity contribution in [1.29, 1.82) is 0 Å². The van der Waals surface area contributed by atoms with Crippen LogP contribution in [0.3, 0.4) is 0 Å². The quantitative estimate of drug-likeness (QED) is 0.516. The fourth-order valence-corrected chi connectivity index (χ4v) is 1.49. The van der Waals surface area contributed by atoms with Crippen molar-refractivity contribution in [2.24, 2.45) is 0 Å². The molecular weight excluding hydrogens is 272 g/mol. The standard InChI is InChI=1S/C13H18N2O4.C2H6/c1-5-14-10-7-6-9(8-11(10)15(17)18)12(16)19-13(2,3)4;1-2/h6-8,14H,5H2,1-4H3;1-2H3. The van der Waals surface area contributed by atoms with E-state index in [9.17, 15) is 14.9 Å². The third-order valence-electron chi connectivity index (χ3n) is 2.20. The Bertz CT molecular complexity index is 493. The molecule has 1 rings (SSSR count). The second-order valence-corrected chi connectivity index (χ2v) is 5.02. The number of esters is 1. The van der Waals surface area contributed by atoms with E-state index in [0.717, 1.165) is 0 Å². The minimum Gasteiger partial charge on any atom is -0.456 e. The lowest BCUT2D eigenvalue weighted by Crippen LogP contribution is -2.24. The fourth-order valence-electron chi connectivity index (χ4n) is 1.49. The van der Waals surface area contributed by atoms with Crippen LogP contribution in [0, 0.1) is 10.1 Å². The van der Waals surface area contributed by atoms with Gasteiger partial charge in [0.2, 0.25) is 0 Å². The Morgan fingerprint density at radius 1 is 1.33 bits per heavy atom. The van der Waals surface area contributed by atoms with E-state index in [4.69, 9.17) is 4.74 Å². The van der Waals surface area contributed by atoms with Gasteiger partial charge in [-0.3, -0.25) is 10.1 Å². The average molecular weight is 296 g/mol. The van der Waals surface area contributed by atoms with Gasteiger partial charge >= 0.3 is 5.97 Å². The molecule has 21 heavy (non-hydrogen) atoms. The van der Waals surface area contributed by atoms with Crippen LogP contribution < -0.4 is 5.32 Å². The number of anilines is 1. The first-order valence-electron chi connectivity index (χ1n) is 7.00. The van der Waals surface area contributed by atoms with Gasteiger partial charge in [0.05, 0.1) is 10.5 Å². The zero-order valence-corrected chi connectivity index (χ0v) is 13.5. The Morgan fingerprint density at radius 2 is 1.90 bits per heavy atom. The summed E-state index contributed by atoms with van der Waals surface area (Å²) < 4.78 is 5.18. The lowest BCUT2D eigenvalue weighted by atomic mass is 10.1. The maximum Gasteiger partial charge on any atom is 0.338 e. The first kappa shape index (κ1) is 18.9. The molecule has 0 radical (unpaired) electrons. The van der Waals surface area contributed by atoms with Gasteiger partial charge in [-0.05, 0) is 39.8 Å². The van der Waals surface area contributed by atoms with Crippen LogP contribution in [0.1, 0.15) is 51.9 Å². The van der Waals surface area contributed by atoms with Crippen LogP contribution in [0.25, 0.3) is 0 Å². The van der Waals surface area contributed by atoms with Crippen molar-refractivity contribution in [3.8, 4) is 0 Å². The van der Waals surface area contributed by atoms with Gasteiger partial charge in [0.1, 0.15) is 11.3 Å². The molecule has 0 aliphatic carbocycles.